The van der Waals surface area contributed by atoms with Crippen molar-refractivity contribution < 1.29 is 4.74 Å². The second-order valence-electron chi connectivity index (χ2n) is 2.96. The number of ether oxygens (including phenoxy) is 1. The third kappa shape index (κ3) is 1.17. The van der Waals surface area contributed by atoms with Crippen molar-refractivity contribution >= 4 is 11.3 Å². The number of imidazole rings is 1. The Balaban J connectivity index is 2.70. The van der Waals surface area contributed by atoms with Crippen LogP contribution in [-0.4, -0.2) is 21.2 Å². The van der Waals surface area contributed by atoms with E-state index >= 15 is 0 Å². The zero-order chi connectivity index (χ0) is 10.1. The van der Waals surface area contributed by atoms with Crippen LogP contribution in [0.5, 0.6) is 5.88 Å². The van der Waals surface area contributed by atoms with Crippen molar-refractivity contribution in [1.29, 1.82) is 0 Å². The zero-order valence-electron chi connectivity index (χ0n) is 8.19. The number of aryl methyl sites for hydroxylation is 1. The van der Waals surface area contributed by atoms with Gasteiger partial charge in [-0.3, -0.25) is 0 Å². The van der Waals surface area contributed by atoms with Crippen molar-refractivity contribution in [3.8, 4) is 5.88 Å². The van der Waals surface area contributed by atoms with Gasteiger partial charge >= 0.3 is 0 Å². The molecule has 2 aromatic rings. The number of hydrogen-bond acceptors (Lipinski definition) is 4. The van der Waals surface area contributed by atoms with Gasteiger partial charge in [0.15, 0.2) is 5.65 Å². The van der Waals surface area contributed by atoms with Crippen LogP contribution in [0.4, 0.5) is 5.69 Å². The van der Waals surface area contributed by atoms with Crippen molar-refractivity contribution in [3.63, 3.8) is 0 Å². The highest BCUT2D eigenvalue weighted by molar-refractivity contribution is 5.65. The van der Waals surface area contributed by atoms with Gasteiger partial charge in [0.1, 0.15) is 5.69 Å². The molecular formula is C9H12N4O. The summed E-state index contributed by atoms with van der Waals surface area (Å²) in [6.07, 6.45) is 1.63. The van der Waals surface area contributed by atoms with E-state index in [4.69, 9.17) is 10.5 Å². The van der Waals surface area contributed by atoms with Gasteiger partial charge in [0, 0.05) is 0 Å². The molecule has 5 heteroatoms. The fraction of sp³-hybridized carbons (Fsp3) is 0.333. The summed E-state index contributed by atoms with van der Waals surface area (Å²) >= 11 is 0. The third-order valence-corrected chi connectivity index (χ3v) is 1.95. The average Bonchev–Trinajstić information content (AvgIpc) is 2.47. The van der Waals surface area contributed by atoms with Crippen molar-refractivity contribution in [2.75, 3.05) is 12.3 Å². The maximum absolute atomic E-state index is 5.76. The summed E-state index contributed by atoms with van der Waals surface area (Å²) in [7, 11) is 0. The van der Waals surface area contributed by atoms with Crippen molar-refractivity contribution in [2.45, 2.75) is 13.8 Å². The molecule has 14 heavy (non-hydrogen) atoms. The van der Waals surface area contributed by atoms with E-state index in [-0.39, 0.29) is 0 Å². The minimum absolute atomic E-state index is 0.588. The summed E-state index contributed by atoms with van der Waals surface area (Å²) in [5.74, 6) is 0.662. The van der Waals surface area contributed by atoms with Crippen LogP contribution >= 0.6 is 0 Å². The van der Waals surface area contributed by atoms with Gasteiger partial charge in [0.2, 0.25) is 5.88 Å². The molecule has 2 aromatic heterocycles. The van der Waals surface area contributed by atoms with Gasteiger partial charge in [-0.15, -0.1) is 0 Å². The molecule has 0 fully saturated rings. The standard InChI is InChI=1S/C9H12N4O/c1-3-14-9-6(2)12-8-7(10)4-5-11-13(8)9/h4-5H,3,10H2,1-2H3. The molecule has 0 spiro atoms. The van der Waals surface area contributed by atoms with Gasteiger partial charge in [-0.05, 0) is 19.9 Å². The van der Waals surface area contributed by atoms with Gasteiger partial charge in [0.25, 0.3) is 0 Å². The van der Waals surface area contributed by atoms with Gasteiger partial charge < -0.3 is 10.5 Å². The lowest BCUT2D eigenvalue weighted by Crippen LogP contribution is -2.00. The van der Waals surface area contributed by atoms with E-state index in [1.165, 1.54) is 0 Å². The Morgan fingerprint density at radius 1 is 1.57 bits per heavy atom. The molecule has 0 aliphatic heterocycles. The first-order valence-electron chi connectivity index (χ1n) is 4.46. The molecule has 0 atom stereocenters. The van der Waals surface area contributed by atoms with Crippen LogP contribution in [0.15, 0.2) is 12.3 Å². The van der Waals surface area contributed by atoms with Crippen LogP contribution in [0, 0.1) is 6.92 Å². The first-order valence-corrected chi connectivity index (χ1v) is 4.46. The Hall–Kier alpha value is -1.78. The van der Waals surface area contributed by atoms with E-state index in [0.717, 1.165) is 5.69 Å². The van der Waals surface area contributed by atoms with E-state index in [2.05, 4.69) is 10.1 Å². The normalized spacial score (nSPS) is 10.7. The van der Waals surface area contributed by atoms with Crippen LogP contribution < -0.4 is 10.5 Å². The molecule has 0 aromatic carbocycles. The van der Waals surface area contributed by atoms with Crippen molar-refractivity contribution in [1.82, 2.24) is 14.6 Å². The molecular weight excluding hydrogens is 180 g/mol. The van der Waals surface area contributed by atoms with Crippen LogP contribution in [0.25, 0.3) is 5.65 Å². The first kappa shape index (κ1) is 8.80. The van der Waals surface area contributed by atoms with Crippen LogP contribution in [0.2, 0.25) is 0 Å². The zero-order valence-corrected chi connectivity index (χ0v) is 8.19. The molecule has 0 aliphatic carbocycles. The molecule has 74 valence electrons. The maximum atomic E-state index is 5.76. The highest BCUT2D eigenvalue weighted by atomic mass is 16.5. The fourth-order valence-electron chi connectivity index (χ4n) is 1.35. The van der Waals surface area contributed by atoms with Crippen LogP contribution in [0.3, 0.4) is 0 Å². The quantitative estimate of drug-likeness (QED) is 0.771. The Bertz CT molecular complexity index is 463. The number of anilines is 1. The molecule has 2 N–H and O–H groups in total. The third-order valence-electron chi connectivity index (χ3n) is 1.95. The van der Waals surface area contributed by atoms with Crippen LogP contribution in [0.1, 0.15) is 12.6 Å². The lowest BCUT2D eigenvalue weighted by atomic mass is 10.5. The molecule has 0 aliphatic rings. The molecule has 0 bridgehead atoms. The number of fused-ring (bicyclic) bond motifs is 1. The maximum Gasteiger partial charge on any atom is 0.238 e. The Kier molecular flexibility index (Phi) is 1.99. The van der Waals surface area contributed by atoms with E-state index < -0.39 is 0 Å². The van der Waals surface area contributed by atoms with Crippen molar-refractivity contribution in [3.05, 3.63) is 18.0 Å². The lowest BCUT2D eigenvalue weighted by molar-refractivity contribution is 0.316. The molecule has 5 nitrogen and oxygen atoms in total. The molecule has 0 saturated heterocycles. The summed E-state index contributed by atoms with van der Waals surface area (Å²) < 4.78 is 7.05. The van der Waals surface area contributed by atoms with Crippen molar-refractivity contribution in [2.24, 2.45) is 0 Å². The molecule has 0 saturated carbocycles. The number of nitrogens with two attached hydrogens (primary N) is 1. The second-order valence-corrected chi connectivity index (χ2v) is 2.96. The average molecular weight is 192 g/mol. The smallest absolute Gasteiger partial charge is 0.238 e. The highest BCUT2D eigenvalue weighted by Crippen LogP contribution is 2.21. The second kappa shape index (κ2) is 3.17. The fourth-order valence-corrected chi connectivity index (χ4v) is 1.35. The van der Waals surface area contributed by atoms with E-state index in [1.807, 2.05) is 13.8 Å². The SMILES string of the molecule is CCOc1c(C)nc2c(N)ccnn12. The highest BCUT2D eigenvalue weighted by Gasteiger charge is 2.11. The monoisotopic (exact) mass is 192 g/mol. The Labute approximate surface area is 81.5 Å². The molecule has 0 radical (unpaired) electrons. The summed E-state index contributed by atoms with van der Waals surface area (Å²) in [6.45, 7) is 4.38. The lowest BCUT2D eigenvalue weighted by Gasteiger charge is -2.02. The number of nitrogen functional groups attached to an aromatic ring is 1. The molecule has 2 heterocycles. The molecule has 0 unspecified atom stereocenters. The number of nitrogens with zero attached hydrogens (tertiary/aromatic N) is 3. The Morgan fingerprint density at radius 3 is 3.07 bits per heavy atom. The van der Waals surface area contributed by atoms with Gasteiger partial charge in [-0.1, -0.05) is 0 Å². The summed E-state index contributed by atoms with van der Waals surface area (Å²) in [4.78, 5) is 4.28. The predicted molar refractivity (Wildman–Crippen MR) is 53.3 cm³/mol. The minimum atomic E-state index is 0.588. The molecule has 0 amide bonds. The molecule has 2 rings (SSSR count). The predicted octanol–water partition coefficient (Wildman–Crippen LogP) is 1.02. The van der Waals surface area contributed by atoms with E-state index in [1.54, 1.807) is 16.8 Å². The number of hydrogen-bond donors (Lipinski definition) is 1. The van der Waals surface area contributed by atoms with Gasteiger partial charge in [-0.25, -0.2) is 4.98 Å². The van der Waals surface area contributed by atoms with E-state index in [0.29, 0.717) is 23.8 Å². The van der Waals surface area contributed by atoms with Gasteiger partial charge in [-0.2, -0.15) is 9.61 Å². The number of rotatable bonds is 2. The van der Waals surface area contributed by atoms with Gasteiger partial charge in [0.05, 0.1) is 18.5 Å². The summed E-state index contributed by atoms with van der Waals surface area (Å²) in [5, 5.41) is 4.13. The first-order chi connectivity index (χ1) is 6.74. The topological polar surface area (TPSA) is 65.4 Å². The van der Waals surface area contributed by atoms with E-state index in [9.17, 15) is 0 Å². The Morgan fingerprint density at radius 2 is 2.36 bits per heavy atom. The number of aromatic nitrogens is 3. The minimum Gasteiger partial charge on any atom is -0.477 e. The summed E-state index contributed by atoms with van der Waals surface area (Å²) in [5.41, 5.74) is 7.81. The van der Waals surface area contributed by atoms with Crippen LogP contribution in [-0.2, 0) is 0 Å². The largest absolute Gasteiger partial charge is 0.477 e. The summed E-state index contributed by atoms with van der Waals surface area (Å²) in [6, 6.07) is 1.72.